The molecule has 144 valence electrons. The molecule has 0 spiro atoms. The average molecular weight is 397 g/mol. The fourth-order valence-electron chi connectivity index (χ4n) is 3.21. The molecule has 1 aliphatic heterocycles. The van der Waals surface area contributed by atoms with Crippen molar-refractivity contribution in [2.24, 2.45) is 5.92 Å². The van der Waals surface area contributed by atoms with Crippen LogP contribution in [0, 0.1) is 5.92 Å². The van der Waals surface area contributed by atoms with Crippen molar-refractivity contribution in [1.82, 2.24) is 25.3 Å². The number of H-pyrrole nitrogens is 1. The van der Waals surface area contributed by atoms with Gasteiger partial charge in [-0.3, -0.25) is 9.78 Å². The van der Waals surface area contributed by atoms with Gasteiger partial charge < -0.3 is 15.2 Å². The molecular formula is C20H21ClN6O. The van der Waals surface area contributed by atoms with Gasteiger partial charge in [0.25, 0.3) is 0 Å². The maximum Gasteiger partial charge on any atom is 0.226 e. The molecule has 8 heteroatoms. The second-order valence-electron chi connectivity index (χ2n) is 6.90. The third-order valence-electron chi connectivity index (χ3n) is 4.77. The second-order valence-corrected chi connectivity index (χ2v) is 7.33. The zero-order valence-electron chi connectivity index (χ0n) is 15.3. The molecule has 0 radical (unpaired) electrons. The Hall–Kier alpha value is -2.93. The fraction of sp³-hybridized carbons (Fsp3) is 0.300. The predicted octanol–water partition coefficient (Wildman–Crippen LogP) is 2.24. The van der Waals surface area contributed by atoms with Crippen LogP contribution in [0.1, 0.15) is 17.0 Å². The number of nitrogens with zero attached hydrogens (tertiary/aromatic N) is 4. The first-order valence-corrected chi connectivity index (χ1v) is 9.60. The monoisotopic (exact) mass is 396 g/mol. The molecule has 3 heterocycles. The minimum atomic E-state index is -0.0137. The van der Waals surface area contributed by atoms with Gasteiger partial charge in [-0.15, -0.1) is 0 Å². The first-order chi connectivity index (χ1) is 13.7. The Kier molecular flexibility index (Phi) is 5.53. The van der Waals surface area contributed by atoms with Crippen molar-refractivity contribution in [1.29, 1.82) is 0 Å². The lowest BCUT2D eigenvalue weighted by Gasteiger charge is -2.39. The van der Waals surface area contributed by atoms with Gasteiger partial charge in [0.1, 0.15) is 5.82 Å². The summed E-state index contributed by atoms with van der Waals surface area (Å²) in [5, 5.41) is 3.70. The van der Waals surface area contributed by atoms with Crippen LogP contribution in [0.3, 0.4) is 0 Å². The van der Waals surface area contributed by atoms with E-state index in [0.717, 1.165) is 29.2 Å². The number of halogens is 1. The molecular weight excluding hydrogens is 376 g/mol. The predicted molar refractivity (Wildman–Crippen MR) is 107 cm³/mol. The molecule has 1 aliphatic rings. The van der Waals surface area contributed by atoms with Crippen molar-refractivity contribution in [3.8, 4) is 0 Å². The largest absolute Gasteiger partial charge is 0.355 e. The molecule has 0 unspecified atom stereocenters. The number of hydrogen-bond acceptors (Lipinski definition) is 5. The van der Waals surface area contributed by atoms with Gasteiger partial charge in [-0.1, -0.05) is 23.7 Å². The van der Waals surface area contributed by atoms with Gasteiger partial charge in [0.2, 0.25) is 5.91 Å². The van der Waals surface area contributed by atoms with Gasteiger partial charge in [0.05, 0.1) is 24.1 Å². The summed E-state index contributed by atoms with van der Waals surface area (Å²) >= 11 is 6.05. The van der Waals surface area contributed by atoms with Crippen LogP contribution >= 0.6 is 11.6 Å². The normalized spacial score (nSPS) is 14.0. The summed E-state index contributed by atoms with van der Waals surface area (Å²) < 4.78 is 0. The average Bonchev–Trinajstić information content (AvgIpc) is 3.14. The summed E-state index contributed by atoms with van der Waals surface area (Å²) in [6.07, 6.45) is 8.35. The van der Waals surface area contributed by atoms with Crippen LogP contribution in [-0.2, 0) is 17.6 Å². The zero-order valence-corrected chi connectivity index (χ0v) is 16.1. The van der Waals surface area contributed by atoms with E-state index in [4.69, 9.17) is 11.6 Å². The van der Waals surface area contributed by atoms with E-state index in [2.05, 4.69) is 30.2 Å². The highest BCUT2D eigenvalue weighted by Crippen LogP contribution is 2.23. The van der Waals surface area contributed by atoms with E-state index in [0.29, 0.717) is 31.1 Å². The summed E-state index contributed by atoms with van der Waals surface area (Å²) in [6.45, 7) is 1.92. The zero-order chi connectivity index (χ0) is 19.3. The smallest absolute Gasteiger partial charge is 0.226 e. The minimum absolute atomic E-state index is 0.0137. The molecule has 0 aliphatic carbocycles. The van der Waals surface area contributed by atoms with E-state index >= 15 is 0 Å². The Morgan fingerprint density at radius 1 is 1.25 bits per heavy atom. The molecule has 0 atom stereocenters. The summed E-state index contributed by atoms with van der Waals surface area (Å²) in [5.74, 6) is 0.875. The number of benzene rings is 1. The molecule has 2 N–H and O–H groups in total. The Balaban J connectivity index is 1.27. The number of anilines is 1. The Bertz CT molecular complexity index is 939. The Labute approximate surface area is 168 Å². The number of aromatic amines is 1. The van der Waals surface area contributed by atoms with Gasteiger partial charge in [0, 0.05) is 55.6 Å². The fourth-order valence-corrected chi connectivity index (χ4v) is 3.42. The van der Waals surface area contributed by atoms with Crippen molar-refractivity contribution in [3.63, 3.8) is 0 Å². The molecule has 1 amide bonds. The van der Waals surface area contributed by atoms with Crippen LogP contribution in [0.4, 0.5) is 5.82 Å². The van der Waals surface area contributed by atoms with Crippen LogP contribution in [0.25, 0.3) is 0 Å². The third kappa shape index (κ3) is 4.48. The van der Waals surface area contributed by atoms with Gasteiger partial charge in [-0.2, -0.15) is 0 Å². The van der Waals surface area contributed by atoms with Crippen molar-refractivity contribution < 1.29 is 4.79 Å². The topological polar surface area (TPSA) is 86.8 Å². The minimum Gasteiger partial charge on any atom is -0.355 e. The van der Waals surface area contributed by atoms with E-state index in [1.807, 2.05) is 24.3 Å². The number of carbonyl (C=O) groups is 1. The van der Waals surface area contributed by atoms with Crippen LogP contribution < -0.4 is 10.2 Å². The van der Waals surface area contributed by atoms with Gasteiger partial charge in [-0.25, -0.2) is 9.97 Å². The first-order valence-electron chi connectivity index (χ1n) is 9.22. The Morgan fingerprint density at radius 3 is 2.93 bits per heavy atom. The second kappa shape index (κ2) is 8.39. The maximum absolute atomic E-state index is 12.3. The molecule has 3 aromatic rings. The number of nitrogens with one attached hydrogen (secondary N) is 2. The number of hydrogen-bond donors (Lipinski definition) is 2. The highest BCUT2D eigenvalue weighted by atomic mass is 35.5. The van der Waals surface area contributed by atoms with Crippen LogP contribution in [0.5, 0.6) is 0 Å². The van der Waals surface area contributed by atoms with Gasteiger partial charge in [-0.05, 0) is 17.7 Å². The van der Waals surface area contributed by atoms with Crippen molar-refractivity contribution in [3.05, 3.63) is 71.2 Å². The van der Waals surface area contributed by atoms with E-state index in [-0.39, 0.29) is 11.8 Å². The van der Waals surface area contributed by atoms with E-state index in [1.54, 1.807) is 24.9 Å². The standard InChI is InChI=1S/C20H21ClN6O/c21-16-3-1-2-14(6-16)7-18-9-22-10-19(26-18)27-11-15(12-27)20(28)24-5-4-17-8-23-13-25-17/h1-3,6,8-10,13,15H,4-5,7,11-12H2,(H,23,25)(H,24,28). The van der Waals surface area contributed by atoms with Crippen molar-refractivity contribution >= 4 is 23.3 Å². The maximum atomic E-state index is 12.3. The first kappa shape index (κ1) is 18.4. The summed E-state index contributed by atoms with van der Waals surface area (Å²) in [6, 6.07) is 7.74. The lowest BCUT2D eigenvalue weighted by Crippen LogP contribution is -2.54. The number of rotatable bonds is 7. The van der Waals surface area contributed by atoms with E-state index in [1.165, 1.54) is 0 Å². The molecule has 28 heavy (non-hydrogen) atoms. The molecule has 0 bridgehead atoms. The van der Waals surface area contributed by atoms with Gasteiger partial charge in [0.15, 0.2) is 0 Å². The highest BCUT2D eigenvalue weighted by Gasteiger charge is 2.33. The molecule has 7 nitrogen and oxygen atoms in total. The SMILES string of the molecule is O=C(NCCc1cnc[nH]1)C1CN(c2cncc(Cc3cccc(Cl)c3)n2)C1. The summed E-state index contributed by atoms with van der Waals surface area (Å²) in [7, 11) is 0. The number of aromatic nitrogens is 4. The molecule has 1 aromatic carbocycles. The van der Waals surface area contributed by atoms with Crippen LogP contribution in [0.15, 0.2) is 49.2 Å². The van der Waals surface area contributed by atoms with Crippen molar-refractivity contribution in [2.75, 3.05) is 24.5 Å². The van der Waals surface area contributed by atoms with E-state index in [9.17, 15) is 4.79 Å². The van der Waals surface area contributed by atoms with Crippen LogP contribution in [-0.4, -0.2) is 45.5 Å². The van der Waals surface area contributed by atoms with Gasteiger partial charge >= 0.3 is 0 Å². The number of imidazole rings is 1. The summed E-state index contributed by atoms with van der Waals surface area (Å²) in [5.41, 5.74) is 2.99. The molecule has 1 fully saturated rings. The van der Waals surface area contributed by atoms with Crippen molar-refractivity contribution in [2.45, 2.75) is 12.8 Å². The lowest BCUT2D eigenvalue weighted by atomic mass is 9.99. The summed E-state index contributed by atoms with van der Waals surface area (Å²) in [4.78, 5) is 30.3. The molecule has 2 aromatic heterocycles. The molecule has 0 saturated carbocycles. The molecule has 1 saturated heterocycles. The molecule has 4 rings (SSSR count). The lowest BCUT2D eigenvalue weighted by molar-refractivity contribution is -0.125. The number of carbonyl (C=O) groups excluding carboxylic acids is 1. The Morgan fingerprint density at radius 2 is 2.14 bits per heavy atom. The third-order valence-corrected chi connectivity index (χ3v) is 5.01. The highest BCUT2D eigenvalue weighted by molar-refractivity contribution is 6.30. The quantitative estimate of drug-likeness (QED) is 0.639. The van der Waals surface area contributed by atoms with Crippen LogP contribution in [0.2, 0.25) is 5.02 Å². The number of amides is 1. The van der Waals surface area contributed by atoms with E-state index < -0.39 is 0 Å².